The monoisotopic (exact) mass is 194 g/mol. The lowest BCUT2D eigenvalue weighted by Gasteiger charge is -1.82. The van der Waals surface area contributed by atoms with Gasteiger partial charge < -0.3 is 5.11 Å². The Balaban J connectivity index is 3.60. The van der Waals surface area contributed by atoms with Crippen molar-refractivity contribution in [3.63, 3.8) is 0 Å². The Hall–Kier alpha value is -0.150. The Bertz CT molecular complexity index is 120. The SMILES string of the molecule is OCC=C(F)C=CCBr. The number of hydrogen-bond acceptors (Lipinski definition) is 1. The molecule has 52 valence electrons. The Kier molecular flexibility index (Phi) is 5.88. The first-order valence-corrected chi connectivity index (χ1v) is 3.62. The number of aliphatic hydroxyl groups is 1. The summed E-state index contributed by atoms with van der Waals surface area (Å²) in [6.45, 7) is -0.252. The van der Waals surface area contributed by atoms with E-state index >= 15 is 0 Å². The Morgan fingerprint density at radius 1 is 1.67 bits per heavy atom. The molecule has 9 heavy (non-hydrogen) atoms. The van der Waals surface area contributed by atoms with Crippen molar-refractivity contribution in [3.8, 4) is 0 Å². The molecule has 3 heteroatoms. The molecule has 0 heterocycles. The average molecular weight is 195 g/mol. The smallest absolute Gasteiger partial charge is 0.121 e. The van der Waals surface area contributed by atoms with Gasteiger partial charge in [-0.05, 0) is 12.2 Å². The largest absolute Gasteiger partial charge is 0.392 e. The zero-order chi connectivity index (χ0) is 7.11. The summed E-state index contributed by atoms with van der Waals surface area (Å²) in [6.07, 6.45) is 4.01. The molecular weight excluding hydrogens is 187 g/mol. The molecule has 0 aromatic carbocycles. The van der Waals surface area contributed by atoms with Crippen molar-refractivity contribution < 1.29 is 9.50 Å². The molecule has 0 rings (SSSR count). The van der Waals surface area contributed by atoms with Gasteiger partial charge in [0.1, 0.15) is 5.83 Å². The third-order valence-corrected chi connectivity index (χ3v) is 1.03. The van der Waals surface area contributed by atoms with Gasteiger partial charge in [0.15, 0.2) is 0 Å². The summed E-state index contributed by atoms with van der Waals surface area (Å²) in [5.41, 5.74) is 0. The van der Waals surface area contributed by atoms with Crippen molar-refractivity contribution in [2.75, 3.05) is 11.9 Å². The van der Waals surface area contributed by atoms with Gasteiger partial charge in [-0.15, -0.1) is 0 Å². The molecule has 0 aromatic rings. The molecule has 0 atom stereocenters. The lowest BCUT2D eigenvalue weighted by atomic mass is 10.4. The molecule has 0 aromatic heterocycles. The fraction of sp³-hybridized carbons (Fsp3) is 0.333. The summed E-state index contributed by atoms with van der Waals surface area (Å²) in [4.78, 5) is 0. The van der Waals surface area contributed by atoms with Crippen molar-refractivity contribution in [2.45, 2.75) is 0 Å². The predicted octanol–water partition coefficient (Wildman–Crippen LogP) is 1.78. The number of halogens is 2. The molecule has 0 saturated carbocycles. The molecule has 0 bridgehead atoms. The number of alkyl halides is 1. The molecule has 0 radical (unpaired) electrons. The number of rotatable bonds is 3. The van der Waals surface area contributed by atoms with Gasteiger partial charge in [-0.1, -0.05) is 22.0 Å². The summed E-state index contributed by atoms with van der Waals surface area (Å²) in [5, 5.41) is 8.80. The van der Waals surface area contributed by atoms with Crippen LogP contribution in [0.4, 0.5) is 4.39 Å². The fourth-order valence-corrected chi connectivity index (χ4v) is 0.499. The zero-order valence-electron chi connectivity index (χ0n) is 4.85. The lowest BCUT2D eigenvalue weighted by molar-refractivity contribution is 0.339. The van der Waals surface area contributed by atoms with E-state index in [0.29, 0.717) is 5.33 Å². The minimum atomic E-state index is -0.406. The lowest BCUT2D eigenvalue weighted by Crippen LogP contribution is -1.73. The predicted molar refractivity (Wildman–Crippen MR) is 39.2 cm³/mol. The maximum absolute atomic E-state index is 12.2. The quantitative estimate of drug-likeness (QED) is 0.537. The summed E-state index contributed by atoms with van der Waals surface area (Å²) >= 11 is 3.09. The van der Waals surface area contributed by atoms with Gasteiger partial charge in [-0.3, -0.25) is 0 Å². The Labute approximate surface area is 62.0 Å². The molecule has 0 amide bonds. The first kappa shape index (κ1) is 8.85. The van der Waals surface area contributed by atoms with Crippen LogP contribution in [0.1, 0.15) is 0 Å². The molecule has 0 aliphatic heterocycles. The van der Waals surface area contributed by atoms with Gasteiger partial charge in [0.2, 0.25) is 0 Å². The van der Waals surface area contributed by atoms with Gasteiger partial charge in [-0.2, -0.15) is 0 Å². The molecule has 0 fully saturated rings. The third kappa shape index (κ3) is 5.73. The van der Waals surface area contributed by atoms with Gasteiger partial charge in [0.25, 0.3) is 0 Å². The van der Waals surface area contributed by atoms with E-state index in [1.807, 2.05) is 0 Å². The fourth-order valence-electron chi connectivity index (χ4n) is 0.312. The second-order valence-corrected chi connectivity index (χ2v) is 1.98. The van der Waals surface area contributed by atoms with E-state index in [9.17, 15) is 4.39 Å². The van der Waals surface area contributed by atoms with Crippen LogP contribution < -0.4 is 0 Å². The van der Waals surface area contributed by atoms with Crippen LogP contribution in [0, 0.1) is 0 Å². The minimum absolute atomic E-state index is 0.252. The Morgan fingerprint density at radius 3 is 2.78 bits per heavy atom. The maximum Gasteiger partial charge on any atom is 0.121 e. The van der Waals surface area contributed by atoms with Crippen molar-refractivity contribution >= 4 is 15.9 Å². The molecule has 0 unspecified atom stereocenters. The minimum Gasteiger partial charge on any atom is -0.392 e. The molecule has 0 saturated heterocycles. The topological polar surface area (TPSA) is 20.2 Å². The first-order valence-electron chi connectivity index (χ1n) is 2.50. The number of hydrogen-bond donors (Lipinski definition) is 1. The van der Waals surface area contributed by atoms with Gasteiger partial charge in [0.05, 0.1) is 6.61 Å². The Morgan fingerprint density at radius 2 is 2.33 bits per heavy atom. The van der Waals surface area contributed by atoms with Crippen LogP contribution in [0.15, 0.2) is 24.1 Å². The van der Waals surface area contributed by atoms with E-state index in [0.717, 1.165) is 6.08 Å². The van der Waals surface area contributed by atoms with Gasteiger partial charge in [0, 0.05) is 5.33 Å². The molecule has 0 aliphatic rings. The van der Waals surface area contributed by atoms with Crippen molar-refractivity contribution in [2.24, 2.45) is 0 Å². The zero-order valence-corrected chi connectivity index (χ0v) is 6.44. The molecule has 1 N–H and O–H groups in total. The summed E-state index contributed by atoms with van der Waals surface area (Å²) in [6, 6.07) is 0. The van der Waals surface area contributed by atoms with Crippen LogP contribution >= 0.6 is 15.9 Å². The summed E-state index contributed by atoms with van der Waals surface area (Å²) in [7, 11) is 0. The van der Waals surface area contributed by atoms with Crippen LogP contribution in [0.5, 0.6) is 0 Å². The maximum atomic E-state index is 12.2. The van der Waals surface area contributed by atoms with Gasteiger partial charge in [-0.25, -0.2) is 4.39 Å². The van der Waals surface area contributed by atoms with E-state index in [-0.39, 0.29) is 6.61 Å². The average Bonchev–Trinajstić information content (AvgIpc) is 1.85. The van der Waals surface area contributed by atoms with Gasteiger partial charge >= 0.3 is 0 Å². The van der Waals surface area contributed by atoms with Crippen LogP contribution in [0.3, 0.4) is 0 Å². The van der Waals surface area contributed by atoms with Crippen molar-refractivity contribution in [1.29, 1.82) is 0 Å². The molecular formula is C6H8BrFO. The van der Waals surface area contributed by atoms with Crippen LogP contribution in [0.25, 0.3) is 0 Å². The van der Waals surface area contributed by atoms with Crippen LogP contribution in [-0.4, -0.2) is 17.0 Å². The highest BCUT2D eigenvalue weighted by molar-refractivity contribution is 9.09. The van der Waals surface area contributed by atoms with Crippen LogP contribution in [0.2, 0.25) is 0 Å². The highest BCUT2D eigenvalue weighted by Crippen LogP contribution is 1.97. The van der Waals surface area contributed by atoms with E-state index in [1.165, 1.54) is 6.08 Å². The first-order chi connectivity index (χ1) is 4.31. The van der Waals surface area contributed by atoms with E-state index < -0.39 is 5.83 Å². The van der Waals surface area contributed by atoms with Crippen LogP contribution in [-0.2, 0) is 0 Å². The van der Waals surface area contributed by atoms with Crippen molar-refractivity contribution in [3.05, 3.63) is 24.1 Å². The number of aliphatic hydroxyl groups excluding tert-OH is 1. The molecule has 0 aliphatic carbocycles. The third-order valence-electron chi connectivity index (χ3n) is 0.652. The highest BCUT2D eigenvalue weighted by Gasteiger charge is 1.82. The highest BCUT2D eigenvalue weighted by atomic mass is 79.9. The second kappa shape index (κ2) is 5.98. The van der Waals surface area contributed by atoms with E-state index in [4.69, 9.17) is 5.11 Å². The summed E-state index contributed by atoms with van der Waals surface area (Å²) < 4.78 is 12.2. The van der Waals surface area contributed by atoms with E-state index in [1.54, 1.807) is 6.08 Å². The summed E-state index contributed by atoms with van der Waals surface area (Å²) in [5.74, 6) is -0.406. The molecule has 0 spiro atoms. The normalized spacial score (nSPS) is 13.0. The van der Waals surface area contributed by atoms with Crippen molar-refractivity contribution in [1.82, 2.24) is 0 Å². The molecule has 1 nitrogen and oxygen atoms in total. The number of allylic oxidation sites excluding steroid dienone is 3. The standard InChI is InChI=1S/C6H8BrFO/c7-4-1-2-6(8)3-5-9/h1-3,9H,4-5H2. The second-order valence-electron chi connectivity index (χ2n) is 1.33. The van der Waals surface area contributed by atoms with E-state index in [2.05, 4.69) is 15.9 Å².